The zero-order chi connectivity index (χ0) is 11.4. The largest absolute Gasteiger partial charge is 0.395 e. The number of rotatable bonds is 9. The second-order valence-electron chi connectivity index (χ2n) is 5.46. The Morgan fingerprint density at radius 3 is 2.56 bits per heavy atom. The Morgan fingerprint density at radius 2 is 2.06 bits per heavy atom. The van der Waals surface area contributed by atoms with Gasteiger partial charge in [-0.2, -0.15) is 0 Å². The molecule has 0 saturated heterocycles. The van der Waals surface area contributed by atoms with Crippen LogP contribution < -0.4 is 5.32 Å². The molecular weight excluding hydrogens is 200 g/mol. The summed E-state index contributed by atoms with van der Waals surface area (Å²) in [5.41, 5.74) is 0. The van der Waals surface area contributed by atoms with Gasteiger partial charge in [-0.1, -0.05) is 6.92 Å². The van der Waals surface area contributed by atoms with Crippen molar-refractivity contribution in [3.8, 4) is 0 Å². The van der Waals surface area contributed by atoms with Gasteiger partial charge in [0.15, 0.2) is 0 Å². The zero-order valence-electron chi connectivity index (χ0n) is 10.5. The minimum absolute atomic E-state index is 0.272. The summed E-state index contributed by atoms with van der Waals surface area (Å²) in [6, 6.07) is 1.11. The molecule has 0 aromatic heterocycles. The van der Waals surface area contributed by atoms with Crippen LogP contribution in [0.5, 0.6) is 0 Å². The van der Waals surface area contributed by atoms with E-state index in [2.05, 4.69) is 17.1 Å². The van der Waals surface area contributed by atoms with Gasteiger partial charge in [0.2, 0.25) is 0 Å². The smallest absolute Gasteiger partial charge is 0.0597 e. The predicted molar refractivity (Wildman–Crippen MR) is 66.5 cm³/mol. The van der Waals surface area contributed by atoms with E-state index in [-0.39, 0.29) is 12.6 Å². The first kappa shape index (κ1) is 12.3. The van der Waals surface area contributed by atoms with Crippen molar-refractivity contribution in [2.45, 2.75) is 51.1 Å². The number of hydrogen-bond acceptors (Lipinski definition) is 3. The van der Waals surface area contributed by atoms with Gasteiger partial charge in [-0.15, -0.1) is 0 Å². The lowest BCUT2D eigenvalue weighted by Crippen LogP contribution is -2.45. The van der Waals surface area contributed by atoms with Gasteiger partial charge < -0.3 is 10.4 Å². The lowest BCUT2D eigenvalue weighted by Gasteiger charge is -2.27. The summed E-state index contributed by atoms with van der Waals surface area (Å²) < 4.78 is 0. The van der Waals surface area contributed by atoms with Crippen LogP contribution in [-0.2, 0) is 0 Å². The van der Waals surface area contributed by atoms with E-state index >= 15 is 0 Å². The van der Waals surface area contributed by atoms with Crippen LogP contribution >= 0.6 is 0 Å². The normalized spacial score (nSPS) is 22.7. The van der Waals surface area contributed by atoms with Gasteiger partial charge in [0.25, 0.3) is 0 Å². The molecule has 2 aliphatic carbocycles. The Hall–Kier alpha value is -0.120. The molecule has 0 aliphatic heterocycles. The van der Waals surface area contributed by atoms with Crippen molar-refractivity contribution >= 4 is 0 Å². The topological polar surface area (TPSA) is 35.5 Å². The van der Waals surface area contributed by atoms with Crippen molar-refractivity contribution in [3.05, 3.63) is 0 Å². The highest BCUT2D eigenvalue weighted by Gasteiger charge is 2.34. The molecule has 0 aromatic carbocycles. The highest BCUT2D eigenvalue weighted by molar-refractivity contribution is 4.90. The van der Waals surface area contributed by atoms with Crippen molar-refractivity contribution in [3.63, 3.8) is 0 Å². The van der Waals surface area contributed by atoms with E-state index in [1.54, 1.807) is 0 Å². The molecule has 2 aliphatic rings. The van der Waals surface area contributed by atoms with Crippen LogP contribution in [0.4, 0.5) is 0 Å². The van der Waals surface area contributed by atoms with E-state index in [1.165, 1.54) is 32.2 Å². The van der Waals surface area contributed by atoms with E-state index in [4.69, 9.17) is 0 Å². The quantitative estimate of drug-likeness (QED) is 0.620. The molecule has 0 bridgehead atoms. The van der Waals surface area contributed by atoms with E-state index in [9.17, 15) is 5.11 Å². The molecule has 3 heteroatoms. The second kappa shape index (κ2) is 5.99. The Labute approximate surface area is 99.2 Å². The molecule has 2 fully saturated rings. The summed E-state index contributed by atoms with van der Waals surface area (Å²) in [5.74, 6) is 0.964. The lowest BCUT2D eigenvalue weighted by atomic mass is 10.2. The van der Waals surface area contributed by atoms with Gasteiger partial charge in [-0.3, -0.25) is 4.90 Å². The molecule has 0 amide bonds. The molecule has 2 rings (SSSR count). The molecular formula is C13H26N2O. The minimum Gasteiger partial charge on any atom is -0.395 e. The standard InChI is InChI=1S/C13H26N2O/c1-2-7-14-12(10-16)9-15(13-5-6-13)8-11-3-4-11/h11-14,16H,2-10H2,1H3. The highest BCUT2D eigenvalue weighted by Crippen LogP contribution is 2.34. The third kappa shape index (κ3) is 4.04. The molecule has 0 radical (unpaired) electrons. The Kier molecular flexibility index (Phi) is 4.62. The third-order valence-electron chi connectivity index (χ3n) is 3.61. The van der Waals surface area contributed by atoms with Gasteiger partial charge in [0.05, 0.1) is 6.61 Å². The zero-order valence-corrected chi connectivity index (χ0v) is 10.5. The highest BCUT2D eigenvalue weighted by atomic mass is 16.3. The molecule has 2 saturated carbocycles. The van der Waals surface area contributed by atoms with Crippen molar-refractivity contribution in [1.82, 2.24) is 10.2 Å². The molecule has 0 aromatic rings. The van der Waals surface area contributed by atoms with Crippen molar-refractivity contribution < 1.29 is 5.11 Å². The fraction of sp³-hybridized carbons (Fsp3) is 1.00. The fourth-order valence-electron chi connectivity index (χ4n) is 2.26. The van der Waals surface area contributed by atoms with Gasteiger partial charge in [-0.05, 0) is 44.6 Å². The third-order valence-corrected chi connectivity index (χ3v) is 3.61. The molecule has 1 unspecified atom stereocenters. The van der Waals surface area contributed by atoms with Crippen molar-refractivity contribution in [2.75, 3.05) is 26.2 Å². The molecule has 0 spiro atoms. The van der Waals surface area contributed by atoms with Crippen LogP contribution in [0.1, 0.15) is 39.0 Å². The maximum atomic E-state index is 9.36. The molecule has 2 N–H and O–H groups in total. The number of nitrogens with zero attached hydrogens (tertiary/aromatic N) is 1. The van der Waals surface area contributed by atoms with Gasteiger partial charge in [0, 0.05) is 25.2 Å². The van der Waals surface area contributed by atoms with Crippen molar-refractivity contribution in [2.24, 2.45) is 5.92 Å². The van der Waals surface area contributed by atoms with Crippen LogP contribution in [0.2, 0.25) is 0 Å². The number of nitrogens with one attached hydrogen (secondary N) is 1. The summed E-state index contributed by atoms with van der Waals surface area (Å²) in [7, 11) is 0. The summed E-state index contributed by atoms with van der Waals surface area (Å²) in [4.78, 5) is 2.61. The Morgan fingerprint density at radius 1 is 1.31 bits per heavy atom. The Balaban J connectivity index is 1.72. The van der Waals surface area contributed by atoms with Crippen LogP contribution in [0.15, 0.2) is 0 Å². The monoisotopic (exact) mass is 226 g/mol. The number of aliphatic hydroxyl groups excluding tert-OH is 1. The molecule has 94 valence electrons. The molecule has 0 heterocycles. The first-order chi connectivity index (χ1) is 7.83. The van der Waals surface area contributed by atoms with E-state index in [0.29, 0.717) is 0 Å². The van der Waals surface area contributed by atoms with Gasteiger partial charge in [0.1, 0.15) is 0 Å². The van der Waals surface area contributed by atoms with E-state index in [1.807, 2.05) is 0 Å². The van der Waals surface area contributed by atoms with Crippen molar-refractivity contribution in [1.29, 1.82) is 0 Å². The average molecular weight is 226 g/mol. The second-order valence-corrected chi connectivity index (χ2v) is 5.46. The lowest BCUT2D eigenvalue weighted by molar-refractivity contribution is 0.171. The molecule has 1 atom stereocenters. The predicted octanol–water partition coefficient (Wildman–Crippen LogP) is 1.22. The van der Waals surface area contributed by atoms with Crippen LogP contribution in [0, 0.1) is 5.92 Å². The SMILES string of the molecule is CCCNC(CO)CN(CC1CC1)C1CC1. The maximum Gasteiger partial charge on any atom is 0.0597 e. The summed E-state index contributed by atoms with van der Waals surface area (Å²) in [5, 5.41) is 12.8. The van der Waals surface area contributed by atoms with Gasteiger partial charge >= 0.3 is 0 Å². The van der Waals surface area contributed by atoms with Crippen LogP contribution in [0.25, 0.3) is 0 Å². The number of hydrogen-bond donors (Lipinski definition) is 2. The van der Waals surface area contributed by atoms with E-state index < -0.39 is 0 Å². The Bertz CT molecular complexity index is 202. The maximum absolute atomic E-state index is 9.36. The average Bonchev–Trinajstić information content (AvgIpc) is 3.15. The number of aliphatic hydroxyl groups is 1. The van der Waals surface area contributed by atoms with Crippen LogP contribution in [0.3, 0.4) is 0 Å². The summed E-state index contributed by atoms with van der Waals surface area (Å²) in [6.07, 6.45) is 6.74. The molecule has 3 nitrogen and oxygen atoms in total. The van der Waals surface area contributed by atoms with Gasteiger partial charge in [-0.25, -0.2) is 0 Å². The molecule has 16 heavy (non-hydrogen) atoms. The first-order valence-corrected chi connectivity index (χ1v) is 6.91. The summed E-state index contributed by atoms with van der Waals surface area (Å²) >= 11 is 0. The first-order valence-electron chi connectivity index (χ1n) is 6.91. The van der Waals surface area contributed by atoms with Crippen LogP contribution in [-0.4, -0.2) is 48.3 Å². The fourth-order valence-corrected chi connectivity index (χ4v) is 2.26. The summed E-state index contributed by atoms with van der Waals surface area (Å²) in [6.45, 7) is 5.78. The van der Waals surface area contributed by atoms with E-state index in [0.717, 1.165) is 31.5 Å². The minimum atomic E-state index is 0.272.